The van der Waals surface area contributed by atoms with Gasteiger partial charge in [0.25, 0.3) is 0 Å². The van der Waals surface area contributed by atoms with Crippen molar-refractivity contribution in [1.29, 1.82) is 0 Å². The second-order valence-corrected chi connectivity index (χ2v) is 7.52. The van der Waals surface area contributed by atoms with Crippen LogP contribution in [0.4, 0.5) is 0 Å². The van der Waals surface area contributed by atoms with Crippen molar-refractivity contribution in [3.05, 3.63) is 0 Å². The second-order valence-electron chi connectivity index (χ2n) is 2.97. The predicted octanol–water partition coefficient (Wildman–Crippen LogP) is 0.712. The molecule has 0 aliphatic carbocycles. The van der Waals surface area contributed by atoms with Crippen molar-refractivity contribution >= 4 is 30.5 Å². The zero-order valence-corrected chi connectivity index (χ0v) is 9.02. The van der Waals surface area contributed by atoms with Crippen molar-refractivity contribution in [2.24, 2.45) is 0 Å². The Morgan fingerprint density at radius 1 is 1.45 bits per heavy atom. The Morgan fingerprint density at radius 2 is 1.82 bits per heavy atom. The van der Waals surface area contributed by atoms with Crippen molar-refractivity contribution in [2.45, 2.75) is 18.6 Å². The Kier molecular flexibility index (Phi) is 3.53. The maximum atomic E-state index is 11.0. The van der Waals surface area contributed by atoms with Crippen LogP contribution in [0.3, 0.4) is 0 Å². The predicted molar refractivity (Wildman–Crippen MR) is 47.8 cm³/mol. The molecule has 0 bridgehead atoms. The molecule has 0 radical (unpaired) electrons. The molecule has 1 unspecified atom stereocenters. The van der Waals surface area contributed by atoms with Gasteiger partial charge in [-0.3, -0.25) is 0 Å². The van der Waals surface area contributed by atoms with Gasteiger partial charge in [-0.1, -0.05) is 0 Å². The molecule has 0 aromatic carbocycles. The fourth-order valence-electron chi connectivity index (χ4n) is 0.380. The van der Waals surface area contributed by atoms with Crippen LogP contribution in [0.5, 0.6) is 0 Å². The molecule has 3 nitrogen and oxygen atoms in total. The monoisotopic (exact) mass is 218 g/mol. The van der Waals surface area contributed by atoms with Gasteiger partial charge in [-0.15, -0.1) is 0 Å². The molecule has 0 amide bonds. The van der Waals surface area contributed by atoms with E-state index in [9.17, 15) is 12.6 Å². The summed E-state index contributed by atoms with van der Waals surface area (Å²) in [6.07, 6.45) is 1.11. The van der Waals surface area contributed by atoms with Crippen LogP contribution >= 0.6 is 10.7 Å². The van der Waals surface area contributed by atoms with Gasteiger partial charge in [0.1, 0.15) is 10.0 Å². The number of hydrogen-bond donors (Lipinski definition) is 0. The minimum Gasteiger partial charge on any atom is -0.243 e. The number of halogens is 1. The lowest BCUT2D eigenvalue weighted by Gasteiger charge is -2.19. The SMILES string of the molecule is CC(C)(CS(=O)Cl)S(C)(=O)=O. The third-order valence-electron chi connectivity index (χ3n) is 1.46. The smallest absolute Gasteiger partial charge is 0.153 e. The van der Waals surface area contributed by atoms with Gasteiger partial charge in [-0.2, -0.15) is 0 Å². The Labute approximate surface area is 74.0 Å². The number of rotatable bonds is 3. The lowest BCUT2D eigenvalue weighted by molar-refractivity contribution is 0.567. The highest BCUT2D eigenvalue weighted by Crippen LogP contribution is 2.17. The molecule has 0 aromatic heterocycles. The van der Waals surface area contributed by atoms with Crippen molar-refractivity contribution in [3.8, 4) is 0 Å². The highest BCUT2D eigenvalue weighted by atomic mass is 35.7. The van der Waals surface area contributed by atoms with E-state index >= 15 is 0 Å². The lowest BCUT2D eigenvalue weighted by atomic mass is 10.2. The van der Waals surface area contributed by atoms with Gasteiger partial charge in [-0.05, 0) is 24.5 Å². The minimum absolute atomic E-state index is 0.0343. The van der Waals surface area contributed by atoms with Crippen LogP contribution in [-0.2, 0) is 19.9 Å². The summed E-state index contributed by atoms with van der Waals surface area (Å²) in [6, 6.07) is 0. The van der Waals surface area contributed by atoms with E-state index in [1.165, 1.54) is 13.8 Å². The summed E-state index contributed by atoms with van der Waals surface area (Å²) >= 11 is 0. The normalized spacial score (nSPS) is 16.4. The topological polar surface area (TPSA) is 51.2 Å². The number of hydrogen-bond acceptors (Lipinski definition) is 3. The molecule has 0 saturated heterocycles. The Balaban J connectivity index is 4.62. The standard InChI is InChI=1S/C5H11ClO3S2/c1-5(2,4-10(6)7)11(3,8)9/h4H2,1-3H3. The molecule has 0 fully saturated rings. The summed E-state index contributed by atoms with van der Waals surface area (Å²) in [6.45, 7) is 3.01. The van der Waals surface area contributed by atoms with Crippen LogP contribution in [0.25, 0.3) is 0 Å². The summed E-state index contributed by atoms with van der Waals surface area (Å²) in [5.41, 5.74) is 0. The molecule has 0 N–H and O–H groups in total. The molecule has 0 aliphatic heterocycles. The van der Waals surface area contributed by atoms with Gasteiger partial charge in [0.05, 0.1) is 10.5 Å². The summed E-state index contributed by atoms with van der Waals surface area (Å²) in [5, 5.41) is 0. The van der Waals surface area contributed by atoms with Gasteiger partial charge >= 0.3 is 0 Å². The number of sulfone groups is 1. The zero-order valence-electron chi connectivity index (χ0n) is 6.63. The summed E-state index contributed by atoms with van der Waals surface area (Å²) in [7, 11) is 0.413. The van der Waals surface area contributed by atoms with Crippen LogP contribution < -0.4 is 0 Å². The molecule has 68 valence electrons. The summed E-state index contributed by atoms with van der Waals surface area (Å²) in [4.78, 5) is 0. The highest BCUT2D eigenvalue weighted by Gasteiger charge is 2.31. The quantitative estimate of drug-likeness (QED) is 0.656. The molecular formula is C5H11ClO3S2. The van der Waals surface area contributed by atoms with Gasteiger partial charge in [0.2, 0.25) is 0 Å². The van der Waals surface area contributed by atoms with Gasteiger partial charge in [0.15, 0.2) is 9.84 Å². The van der Waals surface area contributed by atoms with Crippen LogP contribution in [0.15, 0.2) is 0 Å². The molecule has 11 heavy (non-hydrogen) atoms. The van der Waals surface area contributed by atoms with Gasteiger partial charge < -0.3 is 0 Å². The van der Waals surface area contributed by atoms with Crippen LogP contribution in [0.2, 0.25) is 0 Å². The van der Waals surface area contributed by atoms with E-state index in [2.05, 4.69) is 0 Å². The Morgan fingerprint density at radius 3 is 1.91 bits per heavy atom. The van der Waals surface area contributed by atoms with Crippen molar-refractivity contribution in [2.75, 3.05) is 12.0 Å². The minimum atomic E-state index is -3.17. The molecule has 0 heterocycles. The Hall–Kier alpha value is 0.390. The fourth-order valence-corrected chi connectivity index (χ4v) is 3.12. The average Bonchev–Trinajstić information content (AvgIpc) is 1.56. The van der Waals surface area contributed by atoms with E-state index in [0.717, 1.165) is 6.26 Å². The third-order valence-corrected chi connectivity index (χ3v) is 5.08. The van der Waals surface area contributed by atoms with Crippen LogP contribution in [0.1, 0.15) is 13.8 Å². The average molecular weight is 219 g/mol. The van der Waals surface area contributed by atoms with Crippen molar-refractivity contribution in [1.82, 2.24) is 0 Å². The molecule has 0 aliphatic rings. The largest absolute Gasteiger partial charge is 0.243 e. The van der Waals surface area contributed by atoms with Crippen LogP contribution in [-0.4, -0.2) is 29.4 Å². The van der Waals surface area contributed by atoms with Crippen LogP contribution in [0, 0.1) is 0 Å². The molecule has 0 spiro atoms. The highest BCUT2D eigenvalue weighted by molar-refractivity contribution is 8.09. The van der Waals surface area contributed by atoms with Gasteiger partial charge in [-0.25, -0.2) is 12.6 Å². The fraction of sp³-hybridized carbons (Fsp3) is 1.00. The summed E-state index contributed by atoms with van der Waals surface area (Å²) in [5.74, 6) is -0.0343. The van der Waals surface area contributed by atoms with Crippen molar-refractivity contribution in [3.63, 3.8) is 0 Å². The molecule has 6 heteroatoms. The maximum Gasteiger partial charge on any atom is 0.153 e. The Bertz CT molecular complexity index is 255. The van der Waals surface area contributed by atoms with E-state index in [1.54, 1.807) is 0 Å². The van der Waals surface area contributed by atoms with E-state index in [0.29, 0.717) is 0 Å². The first-order valence-corrected chi connectivity index (χ1v) is 6.95. The molecular weight excluding hydrogens is 208 g/mol. The lowest BCUT2D eigenvalue weighted by Crippen LogP contribution is -2.35. The maximum absolute atomic E-state index is 11.0. The van der Waals surface area contributed by atoms with E-state index in [4.69, 9.17) is 10.7 Å². The van der Waals surface area contributed by atoms with E-state index in [1.807, 2.05) is 0 Å². The summed E-state index contributed by atoms with van der Waals surface area (Å²) < 4.78 is 31.5. The second kappa shape index (κ2) is 3.41. The first kappa shape index (κ1) is 11.4. The van der Waals surface area contributed by atoms with Gasteiger partial charge in [0, 0.05) is 6.26 Å². The first-order chi connectivity index (χ1) is 4.67. The molecule has 0 rings (SSSR count). The molecule has 0 aromatic rings. The third kappa shape index (κ3) is 3.53. The molecule has 1 atom stereocenters. The molecule has 0 saturated carbocycles. The van der Waals surface area contributed by atoms with E-state index in [-0.39, 0.29) is 5.75 Å². The zero-order chi connectivity index (χ0) is 9.28. The first-order valence-electron chi connectivity index (χ1n) is 2.91. The van der Waals surface area contributed by atoms with E-state index < -0.39 is 24.6 Å². The van der Waals surface area contributed by atoms with Crippen molar-refractivity contribution < 1.29 is 12.6 Å².